The molecule has 2 fully saturated rings. The van der Waals surface area contributed by atoms with Crippen LogP contribution in [0.2, 0.25) is 0 Å². The molecule has 1 aliphatic carbocycles. The second kappa shape index (κ2) is 7.58. The normalized spacial score (nSPS) is 25.2. The van der Waals surface area contributed by atoms with Gasteiger partial charge in [-0.1, -0.05) is 31.2 Å². The predicted molar refractivity (Wildman–Crippen MR) is 103 cm³/mol. The van der Waals surface area contributed by atoms with Crippen molar-refractivity contribution in [3.05, 3.63) is 35.4 Å². The monoisotopic (exact) mass is 328 g/mol. The lowest BCUT2D eigenvalue weighted by Gasteiger charge is -2.43. The molecule has 1 saturated heterocycles. The summed E-state index contributed by atoms with van der Waals surface area (Å²) >= 11 is 0. The van der Waals surface area contributed by atoms with Crippen LogP contribution < -0.4 is 0 Å². The molecule has 0 spiro atoms. The van der Waals surface area contributed by atoms with Gasteiger partial charge in [0.15, 0.2) is 0 Å². The number of hydrogen-bond donors (Lipinski definition) is 0. The van der Waals surface area contributed by atoms with Gasteiger partial charge in [-0.05, 0) is 89.1 Å². The van der Waals surface area contributed by atoms with Crippen LogP contribution in [-0.4, -0.2) is 41.5 Å². The van der Waals surface area contributed by atoms with Gasteiger partial charge in [0.25, 0.3) is 0 Å². The third-order valence-corrected chi connectivity index (χ3v) is 6.10. The standard InChI is InChI=1S/C22H36N2/c1-5-24(22(2,3)4)17-19-14-21(15-19)20-10-8-18(9-11-20)16-23-12-6-7-13-23/h8-11,19,21H,5-7,12-17H2,1-4H3. The van der Waals surface area contributed by atoms with Crippen molar-refractivity contribution in [2.24, 2.45) is 5.92 Å². The maximum absolute atomic E-state index is 2.63. The predicted octanol–water partition coefficient (Wildman–Crippen LogP) is 4.90. The van der Waals surface area contributed by atoms with Crippen molar-refractivity contribution in [2.75, 3.05) is 26.2 Å². The van der Waals surface area contributed by atoms with Gasteiger partial charge in [0.05, 0.1) is 0 Å². The topological polar surface area (TPSA) is 6.48 Å². The minimum absolute atomic E-state index is 0.303. The highest BCUT2D eigenvalue weighted by molar-refractivity contribution is 5.27. The fourth-order valence-corrected chi connectivity index (χ4v) is 4.44. The Kier molecular flexibility index (Phi) is 5.66. The number of hydrogen-bond acceptors (Lipinski definition) is 2. The van der Waals surface area contributed by atoms with Crippen molar-refractivity contribution in [2.45, 2.75) is 71.4 Å². The van der Waals surface area contributed by atoms with E-state index in [9.17, 15) is 0 Å². The van der Waals surface area contributed by atoms with Crippen molar-refractivity contribution < 1.29 is 0 Å². The fourth-order valence-electron chi connectivity index (χ4n) is 4.44. The van der Waals surface area contributed by atoms with E-state index in [4.69, 9.17) is 0 Å². The van der Waals surface area contributed by atoms with E-state index in [2.05, 4.69) is 61.8 Å². The van der Waals surface area contributed by atoms with E-state index in [-0.39, 0.29) is 0 Å². The summed E-state index contributed by atoms with van der Waals surface area (Å²) in [6.07, 6.45) is 5.51. The highest BCUT2D eigenvalue weighted by Gasteiger charge is 2.33. The molecule has 0 bridgehead atoms. The van der Waals surface area contributed by atoms with Gasteiger partial charge in [0.2, 0.25) is 0 Å². The van der Waals surface area contributed by atoms with Crippen molar-refractivity contribution in [1.29, 1.82) is 0 Å². The molecular weight excluding hydrogens is 292 g/mol. The summed E-state index contributed by atoms with van der Waals surface area (Å²) in [5, 5.41) is 0. The molecule has 24 heavy (non-hydrogen) atoms. The summed E-state index contributed by atoms with van der Waals surface area (Å²) in [4.78, 5) is 5.22. The molecule has 0 aromatic heterocycles. The first-order valence-electron chi connectivity index (χ1n) is 10.0. The van der Waals surface area contributed by atoms with Crippen LogP contribution in [0.15, 0.2) is 24.3 Å². The molecule has 0 N–H and O–H groups in total. The molecule has 1 saturated carbocycles. The quantitative estimate of drug-likeness (QED) is 0.733. The molecule has 1 heterocycles. The molecular formula is C22H36N2. The Hall–Kier alpha value is -0.860. The van der Waals surface area contributed by atoms with E-state index in [1.165, 1.54) is 50.9 Å². The highest BCUT2D eigenvalue weighted by atomic mass is 15.2. The van der Waals surface area contributed by atoms with Crippen LogP contribution in [-0.2, 0) is 6.54 Å². The molecule has 0 unspecified atom stereocenters. The van der Waals surface area contributed by atoms with Crippen molar-refractivity contribution in [1.82, 2.24) is 9.80 Å². The van der Waals surface area contributed by atoms with Gasteiger partial charge in [-0.15, -0.1) is 0 Å². The van der Waals surface area contributed by atoms with Gasteiger partial charge in [-0.25, -0.2) is 0 Å². The molecule has 1 aromatic rings. The first kappa shape index (κ1) is 17.9. The molecule has 2 heteroatoms. The second-order valence-electron chi connectivity index (χ2n) is 8.97. The summed E-state index contributed by atoms with van der Waals surface area (Å²) in [7, 11) is 0. The molecule has 2 aliphatic rings. The van der Waals surface area contributed by atoms with E-state index >= 15 is 0 Å². The zero-order valence-electron chi connectivity index (χ0n) is 16.2. The van der Waals surface area contributed by atoms with Gasteiger partial charge < -0.3 is 0 Å². The first-order valence-corrected chi connectivity index (χ1v) is 10.0. The van der Waals surface area contributed by atoms with Crippen LogP contribution in [0.5, 0.6) is 0 Å². The number of rotatable bonds is 6. The first-order chi connectivity index (χ1) is 11.5. The second-order valence-corrected chi connectivity index (χ2v) is 8.97. The lowest BCUT2D eigenvalue weighted by Crippen LogP contribution is -2.46. The fraction of sp³-hybridized carbons (Fsp3) is 0.727. The van der Waals surface area contributed by atoms with Crippen molar-refractivity contribution in [3.63, 3.8) is 0 Å². The minimum Gasteiger partial charge on any atom is -0.299 e. The Morgan fingerprint density at radius 2 is 1.67 bits per heavy atom. The molecule has 1 aliphatic heterocycles. The maximum atomic E-state index is 2.63. The van der Waals surface area contributed by atoms with Crippen LogP contribution >= 0.6 is 0 Å². The summed E-state index contributed by atoms with van der Waals surface area (Å²) in [5.41, 5.74) is 3.36. The Morgan fingerprint density at radius 3 is 2.21 bits per heavy atom. The van der Waals surface area contributed by atoms with Gasteiger partial charge in [-0.2, -0.15) is 0 Å². The Labute approximate surface area is 149 Å². The molecule has 3 rings (SSSR count). The van der Waals surface area contributed by atoms with Crippen LogP contribution in [0.1, 0.15) is 70.4 Å². The number of benzene rings is 1. The van der Waals surface area contributed by atoms with E-state index in [1.54, 1.807) is 5.56 Å². The number of likely N-dealkylation sites (tertiary alicyclic amines) is 1. The van der Waals surface area contributed by atoms with E-state index < -0.39 is 0 Å². The van der Waals surface area contributed by atoms with Gasteiger partial charge in [0, 0.05) is 18.6 Å². The molecule has 1 aromatic carbocycles. The molecule has 134 valence electrons. The lowest BCUT2D eigenvalue weighted by molar-refractivity contribution is 0.0871. The lowest BCUT2D eigenvalue weighted by atomic mass is 9.71. The van der Waals surface area contributed by atoms with Crippen molar-refractivity contribution >= 4 is 0 Å². The smallest absolute Gasteiger partial charge is 0.0233 e. The third-order valence-electron chi connectivity index (χ3n) is 6.10. The average Bonchev–Trinajstić information content (AvgIpc) is 2.99. The van der Waals surface area contributed by atoms with Crippen LogP contribution in [0.25, 0.3) is 0 Å². The van der Waals surface area contributed by atoms with E-state index in [1.807, 2.05) is 0 Å². The summed E-state index contributed by atoms with van der Waals surface area (Å²) in [6.45, 7) is 15.5. The average molecular weight is 329 g/mol. The Bertz CT molecular complexity index is 502. The highest BCUT2D eigenvalue weighted by Crippen LogP contribution is 2.42. The molecule has 2 nitrogen and oxygen atoms in total. The van der Waals surface area contributed by atoms with Gasteiger partial charge >= 0.3 is 0 Å². The Morgan fingerprint density at radius 1 is 1.04 bits per heavy atom. The largest absolute Gasteiger partial charge is 0.299 e. The number of nitrogens with zero attached hydrogens (tertiary/aromatic N) is 2. The van der Waals surface area contributed by atoms with Crippen LogP contribution in [0.3, 0.4) is 0 Å². The SMILES string of the molecule is CCN(CC1CC(c2ccc(CN3CCCC3)cc2)C1)C(C)(C)C. The zero-order chi connectivity index (χ0) is 17.2. The minimum atomic E-state index is 0.303. The van der Waals surface area contributed by atoms with Crippen LogP contribution in [0, 0.1) is 5.92 Å². The van der Waals surface area contributed by atoms with Gasteiger partial charge in [-0.3, -0.25) is 9.80 Å². The molecule has 0 amide bonds. The molecule has 0 radical (unpaired) electrons. The molecule has 0 atom stereocenters. The maximum Gasteiger partial charge on any atom is 0.0233 e. The summed E-state index contributed by atoms with van der Waals surface area (Å²) in [5.74, 6) is 1.69. The zero-order valence-corrected chi connectivity index (χ0v) is 16.2. The van der Waals surface area contributed by atoms with Gasteiger partial charge in [0.1, 0.15) is 0 Å². The van der Waals surface area contributed by atoms with Crippen molar-refractivity contribution in [3.8, 4) is 0 Å². The van der Waals surface area contributed by atoms with E-state index in [0.717, 1.165) is 24.9 Å². The van der Waals surface area contributed by atoms with E-state index in [0.29, 0.717) is 5.54 Å². The third kappa shape index (κ3) is 4.40. The summed E-state index contributed by atoms with van der Waals surface area (Å²) < 4.78 is 0. The van der Waals surface area contributed by atoms with Crippen LogP contribution in [0.4, 0.5) is 0 Å². The summed E-state index contributed by atoms with van der Waals surface area (Å²) in [6, 6.07) is 9.53. The Balaban J connectivity index is 1.47.